The Morgan fingerprint density at radius 3 is 2.52 bits per heavy atom. The lowest BCUT2D eigenvalue weighted by Crippen LogP contribution is -2.46. The lowest BCUT2D eigenvalue weighted by Gasteiger charge is -2.45. The molecule has 0 saturated carbocycles. The van der Waals surface area contributed by atoms with Gasteiger partial charge in [-0.05, 0) is 48.1 Å². The molecular weight excluding hydrogens is 314 g/mol. The van der Waals surface area contributed by atoms with E-state index in [4.69, 9.17) is 9.84 Å². The number of likely N-dealkylation sites (tertiary alicyclic amines) is 1. The van der Waals surface area contributed by atoms with Crippen molar-refractivity contribution >= 4 is 5.97 Å². The quantitative estimate of drug-likeness (QED) is 0.932. The van der Waals surface area contributed by atoms with Crippen LogP contribution in [0.2, 0.25) is 0 Å². The molecule has 0 radical (unpaired) electrons. The first-order valence-corrected chi connectivity index (χ1v) is 8.93. The van der Waals surface area contributed by atoms with Crippen LogP contribution in [0.5, 0.6) is 0 Å². The fraction of sp³-hybridized carbons (Fsp3) is 0.381. The molecule has 2 heterocycles. The van der Waals surface area contributed by atoms with Crippen molar-refractivity contribution < 1.29 is 14.6 Å². The summed E-state index contributed by atoms with van der Waals surface area (Å²) in [6.45, 7) is 3.66. The van der Waals surface area contributed by atoms with Gasteiger partial charge < -0.3 is 9.84 Å². The van der Waals surface area contributed by atoms with Crippen LogP contribution in [0.4, 0.5) is 0 Å². The van der Waals surface area contributed by atoms with Crippen molar-refractivity contribution in [1.29, 1.82) is 0 Å². The lowest BCUT2D eigenvalue weighted by atomic mass is 9.79. The van der Waals surface area contributed by atoms with Gasteiger partial charge in [0.25, 0.3) is 0 Å². The predicted octanol–water partition coefficient (Wildman–Crippen LogP) is 3.45. The molecule has 4 heteroatoms. The van der Waals surface area contributed by atoms with Crippen LogP contribution in [0.3, 0.4) is 0 Å². The second-order valence-electron chi connectivity index (χ2n) is 7.03. The Morgan fingerprint density at radius 1 is 1.08 bits per heavy atom. The van der Waals surface area contributed by atoms with Gasteiger partial charge >= 0.3 is 5.97 Å². The Balaban J connectivity index is 1.43. The van der Waals surface area contributed by atoms with E-state index in [-0.39, 0.29) is 5.60 Å². The van der Waals surface area contributed by atoms with E-state index in [9.17, 15) is 4.79 Å². The number of hydrogen-bond acceptors (Lipinski definition) is 3. The molecule has 0 aromatic heterocycles. The highest BCUT2D eigenvalue weighted by atomic mass is 16.5. The van der Waals surface area contributed by atoms with E-state index < -0.39 is 5.97 Å². The summed E-state index contributed by atoms with van der Waals surface area (Å²) in [4.78, 5) is 13.4. The van der Waals surface area contributed by atoms with Gasteiger partial charge in [-0.2, -0.15) is 0 Å². The number of aromatic carboxylic acids is 1. The maximum atomic E-state index is 11.0. The van der Waals surface area contributed by atoms with Crippen LogP contribution in [0.25, 0.3) is 0 Å². The van der Waals surface area contributed by atoms with Crippen LogP contribution in [0, 0.1) is 0 Å². The highest BCUT2D eigenvalue weighted by Crippen LogP contribution is 2.41. The van der Waals surface area contributed by atoms with E-state index in [1.807, 2.05) is 12.1 Å². The van der Waals surface area contributed by atoms with Crippen molar-refractivity contribution in [2.75, 3.05) is 19.7 Å². The molecule has 1 fully saturated rings. The number of piperidine rings is 1. The zero-order valence-electron chi connectivity index (χ0n) is 14.3. The van der Waals surface area contributed by atoms with Gasteiger partial charge in [-0.15, -0.1) is 0 Å². The summed E-state index contributed by atoms with van der Waals surface area (Å²) in [5.41, 5.74) is 4.20. The molecule has 1 spiro atoms. The van der Waals surface area contributed by atoms with Gasteiger partial charge in [-0.25, -0.2) is 4.79 Å². The summed E-state index contributed by atoms with van der Waals surface area (Å²) in [6, 6.07) is 15.9. The third-order valence-corrected chi connectivity index (χ3v) is 5.53. The van der Waals surface area contributed by atoms with Gasteiger partial charge in [0.1, 0.15) is 0 Å². The summed E-state index contributed by atoms with van der Waals surface area (Å²) < 4.78 is 6.28. The Hall–Kier alpha value is -2.17. The number of ether oxygens (including phenoxy) is 1. The first-order valence-electron chi connectivity index (χ1n) is 8.93. The third kappa shape index (κ3) is 3.20. The normalized spacial score (nSPS) is 19.5. The molecule has 2 aromatic rings. The number of benzene rings is 2. The third-order valence-electron chi connectivity index (χ3n) is 5.53. The van der Waals surface area contributed by atoms with Crippen molar-refractivity contribution in [3.63, 3.8) is 0 Å². The average Bonchev–Trinajstić information content (AvgIpc) is 2.65. The standard InChI is InChI=1S/C21H23NO3/c23-20(24)18-7-5-16(6-8-18)15-22-12-10-21(11-13-22)19-4-2-1-3-17(19)9-14-25-21/h1-8H,9-15H2,(H,23,24). The molecule has 2 aliphatic heterocycles. The van der Waals surface area contributed by atoms with Gasteiger partial charge in [0.05, 0.1) is 17.8 Å². The summed E-state index contributed by atoms with van der Waals surface area (Å²) in [7, 11) is 0. The number of carboxylic acid groups (broad SMARTS) is 1. The fourth-order valence-electron chi connectivity index (χ4n) is 4.11. The smallest absolute Gasteiger partial charge is 0.335 e. The molecule has 1 saturated heterocycles. The first-order chi connectivity index (χ1) is 12.2. The highest BCUT2D eigenvalue weighted by molar-refractivity contribution is 5.87. The number of nitrogens with zero attached hydrogens (tertiary/aromatic N) is 1. The van der Waals surface area contributed by atoms with E-state index in [0.717, 1.165) is 51.1 Å². The lowest BCUT2D eigenvalue weighted by molar-refractivity contribution is -0.0989. The Kier molecular flexibility index (Phi) is 4.32. The monoisotopic (exact) mass is 337 g/mol. The number of rotatable bonds is 3. The molecule has 0 unspecified atom stereocenters. The van der Waals surface area contributed by atoms with Crippen molar-refractivity contribution in [2.24, 2.45) is 0 Å². The van der Waals surface area contributed by atoms with E-state index in [1.165, 1.54) is 11.1 Å². The molecule has 2 aliphatic rings. The number of carboxylic acids is 1. The van der Waals surface area contributed by atoms with Crippen LogP contribution >= 0.6 is 0 Å². The Bertz CT molecular complexity index is 761. The van der Waals surface area contributed by atoms with Crippen molar-refractivity contribution in [1.82, 2.24) is 4.90 Å². The number of carbonyl (C=O) groups is 1. The van der Waals surface area contributed by atoms with E-state index in [2.05, 4.69) is 29.2 Å². The molecular formula is C21H23NO3. The predicted molar refractivity (Wildman–Crippen MR) is 95.7 cm³/mol. The number of fused-ring (bicyclic) bond motifs is 2. The fourth-order valence-corrected chi connectivity index (χ4v) is 4.11. The van der Waals surface area contributed by atoms with Crippen LogP contribution in [-0.2, 0) is 23.3 Å². The van der Waals surface area contributed by atoms with Gasteiger partial charge in [-0.3, -0.25) is 4.90 Å². The zero-order chi connectivity index (χ0) is 17.3. The summed E-state index contributed by atoms with van der Waals surface area (Å²) in [5.74, 6) is -0.875. The minimum absolute atomic E-state index is 0.113. The molecule has 0 bridgehead atoms. The molecule has 0 atom stereocenters. The van der Waals surface area contributed by atoms with Crippen molar-refractivity contribution in [3.8, 4) is 0 Å². The minimum atomic E-state index is -0.875. The second kappa shape index (κ2) is 6.62. The first kappa shape index (κ1) is 16.3. The van der Waals surface area contributed by atoms with Crippen molar-refractivity contribution in [2.45, 2.75) is 31.4 Å². The van der Waals surface area contributed by atoms with Crippen LogP contribution in [0.15, 0.2) is 48.5 Å². The summed E-state index contributed by atoms with van der Waals surface area (Å²) >= 11 is 0. The van der Waals surface area contributed by atoms with Crippen LogP contribution in [0.1, 0.15) is 39.9 Å². The number of hydrogen-bond donors (Lipinski definition) is 1. The maximum absolute atomic E-state index is 11.0. The van der Waals surface area contributed by atoms with Gasteiger partial charge in [0.2, 0.25) is 0 Å². The van der Waals surface area contributed by atoms with Gasteiger partial charge in [0, 0.05) is 19.6 Å². The minimum Gasteiger partial charge on any atom is -0.478 e. The van der Waals surface area contributed by atoms with E-state index in [1.54, 1.807) is 12.1 Å². The molecule has 0 amide bonds. The molecule has 25 heavy (non-hydrogen) atoms. The largest absolute Gasteiger partial charge is 0.478 e. The maximum Gasteiger partial charge on any atom is 0.335 e. The van der Waals surface area contributed by atoms with E-state index >= 15 is 0 Å². The Labute approximate surface area is 148 Å². The van der Waals surface area contributed by atoms with Crippen LogP contribution < -0.4 is 0 Å². The molecule has 4 rings (SSSR count). The van der Waals surface area contributed by atoms with Crippen molar-refractivity contribution in [3.05, 3.63) is 70.8 Å². The summed E-state index contributed by atoms with van der Waals surface area (Å²) in [6.07, 6.45) is 3.03. The topological polar surface area (TPSA) is 49.8 Å². The SMILES string of the molecule is O=C(O)c1ccc(CN2CCC3(CC2)OCCc2ccccc23)cc1. The van der Waals surface area contributed by atoms with Gasteiger partial charge in [-0.1, -0.05) is 36.4 Å². The Morgan fingerprint density at radius 2 is 1.80 bits per heavy atom. The molecule has 130 valence electrons. The average molecular weight is 337 g/mol. The molecule has 0 aliphatic carbocycles. The van der Waals surface area contributed by atoms with Gasteiger partial charge in [0.15, 0.2) is 0 Å². The summed E-state index contributed by atoms with van der Waals surface area (Å²) in [5, 5.41) is 8.99. The highest BCUT2D eigenvalue weighted by Gasteiger charge is 2.40. The molecule has 2 aromatic carbocycles. The molecule has 1 N–H and O–H groups in total. The van der Waals surface area contributed by atoms with Crippen LogP contribution in [-0.4, -0.2) is 35.7 Å². The molecule has 4 nitrogen and oxygen atoms in total. The van der Waals surface area contributed by atoms with E-state index in [0.29, 0.717) is 5.56 Å². The second-order valence-corrected chi connectivity index (χ2v) is 7.03. The zero-order valence-corrected chi connectivity index (χ0v) is 14.3.